The lowest BCUT2D eigenvalue weighted by Crippen LogP contribution is -2.06. The average molecular weight is 335 g/mol. The molecule has 0 spiro atoms. The van der Waals surface area contributed by atoms with Crippen LogP contribution in [0.15, 0.2) is 54.6 Å². The number of phenols is 1. The largest absolute Gasteiger partial charge is 0.507 e. The molecule has 1 nitrogen and oxygen atoms in total. The summed E-state index contributed by atoms with van der Waals surface area (Å²) < 4.78 is 0. The number of phenolic OH excluding ortho intramolecular Hbond substituents is 1. The molecule has 0 radical (unpaired) electrons. The zero-order valence-corrected chi connectivity index (χ0v) is 15.5. The van der Waals surface area contributed by atoms with Crippen molar-refractivity contribution in [2.45, 2.75) is 52.4 Å². The maximum absolute atomic E-state index is 10.00. The number of hydrogen-bond acceptors (Lipinski definition) is 1. The summed E-state index contributed by atoms with van der Waals surface area (Å²) in [5.41, 5.74) is 4.26. The Morgan fingerprint density at radius 3 is 2.44 bits per heavy atom. The van der Waals surface area contributed by atoms with Gasteiger partial charge < -0.3 is 5.11 Å². The van der Waals surface area contributed by atoms with Crippen molar-refractivity contribution in [2.75, 3.05) is 0 Å². The highest BCUT2D eigenvalue weighted by atomic mass is 16.3. The summed E-state index contributed by atoms with van der Waals surface area (Å²) in [6.07, 6.45) is 12.2. The molecule has 1 fully saturated rings. The van der Waals surface area contributed by atoms with Gasteiger partial charge >= 0.3 is 0 Å². The third-order valence-corrected chi connectivity index (χ3v) is 5.86. The zero-order valence-electron chi connectivity index (χ0n) is 15.5. The van der Waals surface area contributed by atoms with E-state index in [1.54, 1.807) is 6.07 Å². The van der Waals surface area contributed by atoms with Gasteiger partial charge in [-0.05, 0) is 62.0 Å². The molecule has 1 aliphatic rings. The average Bonchev–Trinajstić information content (AvgIpc) is 3.41. The Hall–Kier alpha value is -2.02. The van der Waals surface area contributed by atoms with Crippen molar-refractivity contribution in [3.05, 3.63) is 71.3 Å². The zero-order chi connectivity index (χ0) is 17.7. The highest BCUT2D eigenvalue weighted by molar-refractivity contribution is 5.56. The predicted octanol–water partition coefficient (Wildman–Crippen LogP) is 6.54. The third kappa shape index (κ3) is 4.98. The number of aryl methyl sites for hydroxylation is 1. The molecule has 3 rings (SSSR count). The Kier molecular flexibility index (Phi) is 5.63. The lowest BCUT2D eigenvalue weighted by molar-refractivity contribution is 0.397. The van der Waals surface area contributed by atoms with Crippen LogP contribution in [0.5, 0.6) is 5.75 Å². The van der Waals surface area contributed by atoms with E-state index in [1.165, 1.54) is 43.2 Å². The Morgan fingerprint density at radius 2 is 1.80 bits per heavy atom. The number of allylic oxidation sites excluding steroid dienone is 1. The molecular weight excluding hydrogens is 304 g/mol. The molecule has 1 saturated carbocycles. The van der Waals surface area contributed by atoms with Crippen LogP contribution >= 0.6 is 0 Å². The summed E-state index contributed by atoms with van der Waals surface area (Å²) in [6.45, 7) is 4.47. The minimum Gasteiger partial charge on any atom is -0.507 e. The van der Waals surface area contributed by atoms with E-state index in [2.05, 4.69) is 50.3 Å². The van der Waals surface area contributed by atoms with Crippen molar-refractivity contribution in [2.24, 2.45) is 11.3 Å². The van der Waals surface area contributed by atoms with E-state index in [0.717, 1.165) is 12.0 Å². The van der Waals surface area contributed by atoms with E-state index < -0.39 is 0 Å². The summed E-state index contributed by atoms with van der Waals surface area (Å²) in [4.78, 5) is 0. The number of para-hydroxylation sites is 1. The van der Waals surface area contributed by atoms with Crippen molar-refractivity contribution in [1.29, 1.82) is 0 Å². The molecular formula is C24H30O. The topological polar surface area (TPSA) is 20.2 Å². The SMILES string of the molecule is CCC1(CCC(/C=C/c2ccccc2O)Cc2ccc(C)cc2)CC1. The van der Waals surface area contributed by atoms with Gasteiger partial charge in [-0.1, -0.05) is 73.5 Å². The van der Waals surface area contributed by atoms with Gasteiger partial charge in [-0.2, -0.15) is 0 Å². The van der Waals surface area contributed by atoms with E-state index in [1.807, 2.05) is 18.2 Å². The normalized spacial score (nSPS) is 16.9. The second-order valence-corrected chi connectivity index (χ2v) is 7.76. The van der Waals surface area contributed by atoms with Crippen LogP contribution in [0.2, 0.25) is 0 Å². The summed E-state index contributed by atoms with van der Waals surface area (Å²) in [5.74, 6) is 0.881. The number of benzene rings is 2. The van der Waals surface area contributed by atoms with Crippen molar-refractivity contribution in [1.82, 2.24) is 0 Å². The first-order valence-electron chi connectivity index (χ1n) is 9.62. The van der Waals surface area contributed by atoms with Crippen molar-refractivity contribution in [3.63, 3.8) is 0 Å². The highest BCUT2D eigenvalue weighted by Gasteiger charge is 2.40. The Labute approximate surface area is 152 Å². The molecule has 2 aromatic carbocycles. The van der Waals surface area contributed by atoms with Crippen molar-refractivity contribution in [3.8, 4) is 5.75 Å². The summed E-state index contributed by atoms with van der Waals surface area (Å²) in [7, 11) is 0. The Bertz CT molecular complexity index is 707. The van der Waals surface area contributed by atoms with Gasteiger partial charge in [0.15, 0.2) is 0 Å². The molecule has 0 saturated heterocycles. The van der Waals surface area contributed by atoms with Crippen LogP contribution in [-0.4, -0.2) is 5.11 Å². The first-order valence-corrected chi connectivity index (χ1v) is 9.62. The van der Waals surface area contributed by atoms with Crippen molar-refractivity contribution >= 4 is 6.08 Å². The molecule has 0 heterocycles. The number of rotatable bonds is 8. The smallest absolute Gasteiger partial charge is 0.122 e. The third-order valence-electron chi connectivity index (χ3n) is 5.86. The minimum atomic E-state index is 0.361. The van der Waals surface area contributed by atoms with Crippen LogP contribution in [0, 0.1) is 18.3 Å². The van der Waals surface area contributed by atoms with Crippen LogP contribution in [-0.2, 0) is 6.42 Å². The molecule has 25 heavy (non-hydrogen) atoms. The maximum atomic E-state index is 10.00. The molecule has 0 aliphatic heterocycles. The second-order valence-electron chi connectivity index (χ2n) is 7.76. The summed E-state index contributed by atoms with van der Waals surface area (Å²) in [5, 5.41) is 10.00. The monoisotopic (exact) mass is 334 g/mol. The van der Waals surface area contributed by atoms with Gasteiger partial charge in [0.25, 0.3) is 0 Å². The second kappa shape index (κ2) is 7.91. The molecule has 0 amide bonds. The fourth-order valence-electron chi connectivity index (χ4n) is 3.61. The highest BCUT2D eigenvalue weighted by Crippen LogP contribution is 2.53. The Balaban J connectivity index is 1.71. The molecule has 1 atom stereocenters. The fourth-order valence-corrected chi connectivity index (χ4v) is 3.61. The van der Waals surface area contributed by atoms with Crippen molar-refractivity contribution < 1.29 is 5.11 Å². The van der Waals surface area contributed by atoms with Gasteiger partial charge in [0.2, 0.25) is 0 Å². The summed E-state index contributed by atoms with van der Waals surface area (Å²) >= 11 is 0. The lowest BCUT2D eigenvalue weighted by atomic mass is 9.87. The first kappa shape index (κ1) is 17.8. The molecule has 132 valence electrons. The van der Waals surface area contributed by atoms with Gasteiger partial charge in [-0.15, -0.1) is 0 Å². The first-order chi connectivity index (χ1) is 12.1. The molecule has 2 aromatic rings. The van der Waals surface area contributed by atoms with Crippen LogP contribution in [0.4, 0.5) is 0 Å². The van der Waals surface area contributed by atoms with Crippen LogP contribution in [0.1, 0.15) is 55.7 Å². The molecule has 1 aliphatic carbocycles. The number of aromatic hydroxyl groups is 1. The van der Waals surface area contributed by atoms with E-state index >= 15 is 0 Å². The summed E-state index contributed by atoms with van der Waals surface area (Å²) in [6, 6.07) is 16.5. The molecule has 0 bridgehead atoms. The fraction of sp³-hybridized carbons (Fsp3) is 0.417. The number of hydrogen-bond donors (Lipinski definition) is 1. The van der Waals surface area contributed by atoms with Gasteiger partial charge in [-0.25, -0.2) is 0 Å². The van der Waals surface area contributed by atoms with E-state index in [-0.39, 0.29) is 0 Å². The van der Waals surface area contributed by atoms with E-state index in [0.29, 0.717) is 17.1 Å². The van der Waals surface area contributed by atoms with Crippen LogP contribution in [0.25, 0.3) is 6.08 Å². The molecule has 0 aromatic heterocycles. The molecule has 1 heteroatoms. The lowest BCUT2D eigenvalue weighted by Gasteiger charge is -2.18. The quantitative estimate of drug-likeness (QED) is 0.581. The van der Waals surface area contributed by atoms with Gasteiger partial charge in [0.1, 0.15) is 5.75 Å². The molecule has 1 unspecified atom stereocenters. The maximum Gasteiger partial charge on any atom is 0.122 e. The Morgan fingerprint density at radius 1 is 1.08 bits per heavy atom. The van der Waals surface area contributed by atoms with Crippen LogP contribution < -0.4 is 0 Å². The van der Waals surface area contributed by atoms with E-state index in [9.17, 15) is 5.11 Å². The standard InChI is InChI=1S/C24H30O/c1-3-24(16-17-24)15-14-21(18-20-10-8-19(2)9-11-20)12-13-22-6-4-5-7-23(22)25/h4-13,21,25H,3,14-18H2,1-2H3/b13-12+. The van der Waals surface area contributed by atoms with Crippen LogP contribution in [0.3, 0.4) is 0 Å². The van der Waals surface area contributed by atoms with Gasteiger partial charge in [0.05, 0.1) is 0 Å². The van der Waals surface area contributed by atoms with Gasteiger partial charge in [0, 0.05) is 5.56 Å². The predicted molar refractivity (Wildman–Crippen MR) is 107 cm³/mol. The minimum absolute atomic E-state index is 0.361. The van der Waals surface area contributed by atoms with E-state index in [4.69, 9.17) is 0 Å². The molecule has 1 N–H and O–H groups in total. The van der Waals surface area contributed by atoms with Gasteiger partial charge in [-0.3, -0.25) is 0 Å².